The lowest BCUT2D eigenvalue weighted by Crippen LogP contribution is -2.26. The van der Waals surface area contributed by atoms with E-state index in [-0.39, 0.29) is 11.7 Å². The van der Waals surface area contributed by atoms with Gasteiger partial charge in [-0.25, -0.2) is 4.39 Å². The van der Waals surface area contributed by atoms with Crippen molar-refractivity contribution in [2.75, 3.05) is 33.0 Å². The highest BCUT2D eigenvalue weighted by atomic mass is 79.9. The van der Waals surface area contributed by atoms with Crippen LogP contribution in [0.1, 0.15) is 29.6 Å². The van der Waals surface area contributed by atoms with E-state index in [0.29, 0.717) is 29.1 Å². The lowest BCUT2D eigenvalue weighted by Gasteiger charge is -2.21. The Labute approximate surface area is 138 Å². The molecule has 1 heterocycles. The third kappa shape index (κ3) is 5.66. The fraction of sp³-hybridized carbons (Fsp3) is 0.562. The first kappa shape index (κ1) is 17.4. The number of nitrogens with one attached hydrogen (secondary N) is 1. The monoisotopic (exact) mass is 373 g/mol. The lowest BCUT2D eigenvalue weighted by molar-refractivity contribution is 0.0202. The summed E-state index contributed by atoms with van der Waals surface area (Å²) in [7, 11) is 0. The van der Waals surface area contributed by atoms with Crippen molar-refractivity contribution in [3.63, 3.8) is 0 Å². The lowest BCUT2D eigenvalue weighted by atomic mass is 10.0. The van der Waals surface area contributed by atoms with Crippen LogP contribution in [0.2, 0.25) is 0 Å². The molecule has 1 aliphatic heterocycles. The molecule has 0 radical (unpaired) electrons. The molecule has 1 aliphatic rings. The number of benzene rings is 1. The van der Waals surface area contributed by atoms with E-state index in [1.54, 1.807) is 0 Å². The molecule has 0 unspecified atom stereocenters. The van der Waals surface area contributed by atoms with Crippen LogP contribution in [0.3, 0.4) is 0 Å². The highest BCUT2D eigenvalue weighted by molar-refractivity contribution is 9.10. The van der Waals surface area contributed by atoms with Crippen LogP contribution >= 0.6 is 15.9 Å². The standard InChI is InChI=1S/C16H21BrFNO3/c17-15-10-13(18)2-3-14(15)16(20)19-6-1-7-22-11-12-4-8-21-9-5-12/h2-3,10,12H,1,4-9,11H2,(H,19,20). The van der Waals surface area contributed by atoms with E-state index in [4.69, 9.17) is 9.47 Å². The van der Waals surface area contributed by atoms with E-state index in [2.05, 4.69) is 21.2 Å². The van der Waals surface area contributed by atoms with Gasteiger partial charge < -0.3 is 14.8 Å². The van der Waals surface area contributed by atoms with Gasteiger partial charge in [0.1, 0.15) is 5.82 Å². The number of rotatable bonds is 7. The minimum Gasteiger partial charge on any atom is -0.381 e. The zero-order valence-electron chi connectivity index (χ0n) is 12.4. The van der Waals surface area contributed by atoms with E-state index in [9.17, 15) is 9.18 Å². The number of carbonyl (C=O) groups is 1. The van der Waals surface area contributed by atoms with Crippen molar-refractivity contribution in [1.29, 1.82) is 0 Å². The molecule has 0 aromatic heterocycles. The summed E-state index contributed by atoms with van der Waals surface area (Å²) in [5.74, 6) is 0.0137. The summed E-state index contributed by atoms with van der Waals surface area (Å²) in [6.07, 6.45) is 2.89. The number of carbonyl (C=O) groups excluding carboxylic acids is 1. The van der Waals surface area contributed by atoms with E-state index >= 15 is 0 Å². The molecule has 0 aliphatic carbocycles. The number of hydrogen-bond donors (Lipinski definition) is 1. The topological polar surface area (TPSA) is 47.6 Å². The molecule has 1 amide bonds. The molecule has 122 valence electrons. The largest absolute Gasteiger partial charge is 0.381 e. The van der Waals surface area contributed by atoms with E-state index in [1.165, 1.54) is 18.2 Å². The Morgan fingerprint density at radius 2 is 2.18 bits per heavy atom. The van der Waals surface area contributed by atoms with Gasteiger partial charge in [-0.3, -0.25) is 4.79 Å². The third-order valence-corrected chi connectivity index (χ3v) is 4.28. The SMILES string of the molecule is O=C(NCCCOCC1CCOCC1)c1ccc(F)cc1Br. The Balaban J connectivity index is 1.59. The van der Waals surface area contributed by atoms with Crippen molar-refractivity contribution in [2.45, 2.75) is 19.3 Å². The Morgan fingerprint density at radius 1 is 1.41 bits per heavy atom. The summed E-state index contributed by atoms with van der Waals surface area (Å²) in [5.41, 5.74) is 0.435. The molecule has 1 saturated heterocycles. The second-order valence-corrected chi connectivity index (χ2v) is 6.22. The first-order valence-corrected chi connectivity index (χ1v) is 8.35. The predicted molar refractivity (Wildman–Crippen MR) is 85.4 cm³/mol. The third-order valence-electron chi connectivity index (χ3n) is 3.62. The summed E-state index contributed by atoms with van der Waals surface area (Å²) < 4.78 is 24.4. The Hall–Kier alpha value is -0.980. The number of amides is 1. The minimum atomic E-state index is -0.370. The fourth-order valence-electron chi connectivity index (χ4n) is 2.31. The zero-order valence-corrected chi connectivity index (χ0v) is 14.0. The van der Waals surface area contributed by atoms with Gasteiger partial charge in [0.25, 0.3) is 5.91 Å². The van der Waals surface area contributed by atoms with Gasteiger partial charge in [-0.2, -0.15) is 0 Å². The summed E-state index contributed by atoms with van der Waals surface area (Å²) in [5, 5.41) is 2.81. The van der Waals surface area contributed by atoms with E-state index in [1.807, 2.05) is 0 Å². The average molecular weight is 374 g/mol. The van der Waals surface area contributed by atoms with Crippen molar-refractivity contribution in [1.82, 2.24) is 5.32 Å². The van der Waals surface area contributed by atoms with E-state index in [0.717, 1.165) is 39.1 Å². The second kappa shape index (κ2) is 9.22. The molecule has 0 saturated carbocycles. The Morgan fingerprint density at radius 3 is 2.91 bits per heavy atom. The van der Waals surface area contributed by atoms with Crippen LogP contribution in [-0.4, -0.2) is 38.9 Å². The molecule has 1 N–H and O–H groups in total. The maximum Gasteiger partial charge on any atom is 0.252 e. The maximum atomic E-state index is 13.0. The second-order valence-electron chi connectivity index (χ2n) is 5.36. The molecule has 1 aromatic rings. The molecule has 0 spiro atoms. The van der Waals surface area contributed by atoms with Crippen LogP contribution < -0.4 is 5.32 Å². The van der Waals surface area contributed by atoms with Gasteiger partial charge in [-0.1, -0.05) is 0 Å². The van der Waals surface area contributed by atoms with Crippen LogP contribution in [0.4, 0.5) is 4.39 Å². The number of ether oxygens (including phenoxy) is 2. The molecule has 4 nitrogen and oxygen atoms in total. The van der Waals surface area contributed by atoms with Crippen molar-refractivity contribution < 1.29 is 18.7 Å². The summed E-state index contributed by atoms with van der Waals surface area (Å²) in [4.78, 5) is 11.9. The van der Waals surface area contributed by atoms with Crippen molar-refractivity contribution in [3.8, 4) is 0 Å². The molecule has 1 fully saturated rings. The normalized spacial score (nSPS) is 15.7. The van der Waals surface area contributed by atoms with Gasteiger partial charge in [0.05, 0.1) is 5.56 Å². The van der Waals surface area contributed by atoms with Gasteiger partial charge in [-0.15, -0.1) is 0 Å². The highest BCUT2D eigenvalue weighted by Crippen LogP contribution is 2.18. The van der Waals surface area contributed by atoms with Crippen molar-refractivity contribution >= 4 is 21.8 Å². The first-order chi connectivity index (χ1) is 10.7. The zero-order chi connectivity index (χ0) is 15.8. The molecule has 1 aromatic carbocycles. The fourth-order valence-corrected chi connectivity index (χ4v) is 2.84. The van der Waals surface area contributed by atoms with Crippen LogP contribution in [0.25, 0.3) is 0 Å². The number of halogens is 2. The Bertz CT molecular complexity index is 492. The molecule has 22 heavy (non-hydrogen) atoms. The van der Waals surface area contributed by atoms with Gasteiger partial charge in [0.15, 0.2) is 0 Å². The van der Waals surface area contributed by atoms with Crippen molar-refractivity contribution in [3.05, 3.63) is 34.1 Å². The number of hydrogen-bond acceptors (Lipinski definition) is 3. The van der Waals surface area contributed by atoms with Crippen LogP contribution in [0.15, 0.2) is 22.7 Å². The smallest absolute Gasteiger partial charge is 0.252 e. The summed E-state index contributed by atoms with van der Waals surface area (Å²) in [6.45, 7) is 3.59. The summed E-state index contributed by atoms with van der Waals surface area (Å²) in [6, 6.07) is 4.03. The Kier molecular flexibility index (Phi) is 7.29. The predicted octanol–water partition coefficient (Wildman–Crippen LogP) is 3.15. The van der Waals surface area contributed by atoms with E-state index < -0.39 is 0 Å². The average Bonchev–Trinajstić information content (AvgIpc) is 2.51. The molecule has 2 rings (SSSR count). The quantitative estimate of drug-likeness (QED) is 0.746. The molecular formula is C16H21BrFNO3. The van der Waals surface area contributed by atoms with Gasteiger partial charge in [0, 0.05) is 37.4 Å². The molecule has 6 heteroatoms. The van der Waals surface area contributed by atoms with Crippen molar-refractivity contribution in [2.24, 2.45) is 5.92 Å². The van der Waals surface area contributed by atoms with Gasteiger partial charge in [0.2, 0.25) is 0 Å². The molecule has 0 atom stereocenters. The highest BCUT2D eigenvalue weighted by Gasteiger charge is 2.13. The van der Waals surface area contributed by atoms with Crippen LogP contribution in [0.5, 0.6) is 0 Å². The maximum absolute atomic E-state index is 13.0. The van der Waals surface area contributed by atoms with Crippen LogP contribution in [0, 0.1) is 11.7 Å². The summed E-state index contributed by atoms with van der Waals surface area (Å²) >= 11 is 3.19. The minimum absolute atomic E-state index is 0.212. The van der Waals surface area contributed by atoms with Gasteiger partial charge >= 0.3 is 0 Å². The molecular weight excluding hydrogens is 353 g/mol. The first-order valence-electron chi connectivity index (χ1n) is 7.55. The van der Waals surface area contributed by atoms with Crippen LogP contribution in [-0.2, 0) is 9.47 Å². The molecule has 0 bridgehead atoms. The van der Waals surface area contributed by atoms with Gasteiger partial charge in [-0.05, 0) is 59.3 Å².